The zero-order valence-corrected chi connectivity index (χ0v) is 14.7. The number of esters is 1. The van der Waals surface area contributed by atoms with E-state index < -0.39 is 6.10 Å². The number of carbonyl (C=O) groups excluding carboxylic acids is 1. The van der Waals surface area contributed by atoms with E-state index in [1.807, 2.05) is 6.07 Å². The summed E-state index contributed by atoms with van der Waals surface area (Å²) in [5, 5.41) is 0. The van der Waals surface area contributed by atoms with Gasteiger partial charge in [-0.25, -0.2) is 4.79 Å². The van der Waals surface area contributed by atoms with Crippen molar-refractivity contribution in [3.8, 4) is 0 Å². The van der Waals surface area contributed by atoms with Crippen molar-refractivity contribution in [2.45, 2.75) is 31.2 Å². The molecule has 3 rings (SSSR count). The number of hydrogen-bond acceptors (Lipinski definition) is 5. The number of hydrogen-bond donors (Lipinski definition) is 0. The van der Waals surface area contributed by atoms with Crippen molar-refractivity contribution >= 4 is 15.4 Å². The molecule has 2 aliphatic rings. The van der Waals surface area contributed by atoms with Gasteiger partial charge in [0.15, 0.2) is 0 Å². The normalized spacial score (nSPS) is 23.1. The molecule has 1 aromatic rings. The van der Waals surface area contributed by atoms with Gasteiger partial charge in [-0.15, -0.1) is 0 Å². The summed E-state index contributed by atoms with van der Waals surface area (Å²) in [7, 11) is 2.28. The van der Waals surface area contributed by atoms with Crippen LogP contribution in [0.3, 0.4) is 0 Å². The molecule has 1 saturated carbocycles. The number of rotatable bonds is 10. The molecule has 1 saturated heterocycles. The molecule has 1 aliphatic heterocycles. The van der Waals surface area contributed by atoms with Crippen LogP contribution in [0.25, 0.3) is 0 Å². The molecule has 0 bridgehead atoms. The van der Waals surface area contributed by atoms with E-state index in [-0.39, 0.29) is 23.6 Å². The molecule has 0 aromatic heterocycles. The zero-order chi connectivity index (χ0) is 17.0. The summed E-state index contributed by atoms with van der Waals surface area (Å²) in [6.45, 7) is 5.63. The van der Waals surface area contributed by atoms with E-state index >= 15 is 0 Å². The Hall–Kier alpha value is -1.26. The Morgan fingerprint density at radius 3 is 2.62 bits per heavy atom. The monoisotopic (exact) mass is 350 g/mol. The molecule has 0 N–H and O–H groups in total. The van der Waals surface area contributed by atoms with Gasteiger partial charge in [0, 0.05) is 14.9 Å². The quantitative estimate of drug-likeness (QED) is 0.281. The van der Waals surface area contributed by atoms with E-state index in [2.05, 4.69) is 16.0 Å². The number of ether oxygens (including phenoxy) is 3. The first-order valence-corrected chi connectivity index (χ1v) is 8.58. The van der Waals surface area contributed by atoms with Crippen LogP contribution in [-0.2, 0) is 18.7 Å². The molecular weight excluding hydrogens is 327 g/mol. The smallest absolute Gasteiger partial charge is 0.338 e. The molecule has 24 heavy (non-hydrogen) atoms. The average Bonchev–Trinajstić information content (AvgIpc) is 3.51. The third kappa shape index (κ3) is 4.42. The highest BCUT2D eigenvalue weighted by atomic mass is 31.0. The van der Waals surface area contributed by atoms with Gasteiger partial charge in [0.25, 0.3) is 0 Å². The highest BCUT2D eigenvalue weighted by Crippen LogP contribution is 2.47. The highest BCUT2D eigenvalue weighted by molar-refractivity contribution is 7.09. The van der Waals surface area contributed by atoms with E-state index in [0.717, 1.165) is 12.8 Å². The first-order chi connectivity index (χ1) is 11.7. The van der Waals surface area contributed by atoms with Crippen LogP contribution in [0.1, 0.15) is 23.2 Å². The molecule has 2 fully saturated rings. The largest absolute Gasteiger partial charge is 0.452 e. The summed E-state index contributed by atoms with van der Waals surface area (Å²) >= 11 is 0. The molecule has 6 heteroatoms. The van der Waals surface area contributed by atoms with Gasteiger partial charge in [-0.05, 0) is 31.1 Å². The van der Waals surface area contributed by atoms with Crippen LogP contribution in [0.2, 0.25) is 0 Å². The predicted molar refractivity (Wildman–Crippen MR) is 92.7 cm³/mol. The van der Waals surface area contributed by atoms with Crippen LogP contribution in [-0.4, -0.2) is 44.1 Å². The third-order valence-corrected chi connectivity index (χ3v) is 4.63. The molecular formula is C18H23O5P. The summed E-state index contributed by atoms with van der Waals surface area (Å²) in [5.74, 6) is -0.385. The Morgan fingerprint density at radius 1 is 1.38 bits per heavy atom. The molecule has 1 aliphatic carbocycles. The predicted octanol–water partition coefficient (Wildman–Crippen LogP) is 2.77. The maximum Gasteiger partial charge on any atom is 0.338 e. The Balaban J connectivity index is 1.60. The van der Waals surface area contributed by atoms with E-state index in [1.165, 1.54) is 0 Å². The van der Waals surface area contributed by atoms with Crippen molar-refractivity contribution in [1.29, 1.82) is 0 Å². The fourth-order valence-corrected chi connectivity index (χ4v) is 2.98. The molecule has 130 valence electrons. The molecule has 4 atom stereocenters. The maximum absolute atomic E-state index is 12.3. The first-order valence-electron chi connectivity index (χ1n) is 8.11. The van der Waals surface area contributed by atoms with Crippen LogP contribution < -0.4 is 0 Å². The van der Waals surface area contributed by atoms with Gasteiger partial charge in [-0.3, -0.25) is 0 Å². The Labute approximate surface area is 144 Å². The topological polar surface area (TPSA) is 57.3 Å². The molecule has 5 nitrogen and oxygen atoms in total. The number of benzene rings is 1. The van der Waals surface area contributed by atoms with Gasteiger partial charge in [-0.2, -0.15) is 0 Å². The van der Waals surface area contributed by atoms with Crippen molar-refractivity contribution in [3.05, 3.63) is 48.6 Å². The van der Waals surface area contributed by atoms with Gasteiger partial charge in [0.1, 0.15) is 18.3 Å². The van der Waals surface area contributed by atoms with Gasteiger partial charge < -0.3 is 18.7 Å². The second-order valence-electron chi connectivity index (χ2n) is 6.43. The summed E-state index contributed by atoms with van der Waals surface area (Å²) in [5.41, 5.74) is 0.597. The lowest BCUT2D eigenvalue weighted by Crippen LogP contribution is -2.38. The lowest BCUT2D eigenvalue weighted by Gasteiger charge is -2.26. The van der Waals surface area contributed by atoms with Crippen LogP contribution >= 0.6 is 9.47 Å². The minimum atomic E-state index is -0.544. The van der Waals surface area contributed by atoms with Crippen LogP contribution in [0, 0.1) is 5.41 Å². The molecule has 1 aromatic carbocycles. The summed E-state index contributed by atoms with van der Waals surface area (Å²) in [6.07, 6.45) is 2.85. The minimum absolute atomic E-state index is 0.0516. The third-order valence-electron chi connectivity index (χ3n) is 4.46. The van der Waals surface area contributed by atoms with E-state index in [1.54, 1.807) is 30.3 Å². The van der Waals surface area contributed by atoms with E-state index in [4.69, 9.17) is 18.7 Å². The standard InChI is InChI=1S/C18H23O5P/c1-2-14(23-17(19)13-6-4-3-5-7-13)16(15-10-20-15)21-11-18(8-9-18)12-22-24/h2-7,14-16H,1,8-12,24H2/t14-,15?,16-/m1/s1. The van der Waals surface area contributed by atoms with Crippen molar-refractivity contribution in [2.75, 3.05) is 19.8 Å². The minimum Gasteiger partial charge on any atom is -0.452 e. The van der Waals surface area contributed by atoms with Gasteiger partial charge in [0.2, 0.25) is 0 Å². The van der Waals surface area contributed by atoms with Crippen molar-refractivity contribution in [1.82, 2.24) is 0 Å². The number of epoxide rings is 1. The van der Waals surface area contributed by atoms with Gasteiger partial charge in [0.05, 0.1) is 25.4 Å². The van der Waals surface area contributed by atoms with Crippen molar-refractivity contribution < 1.29 is 23.5 Å². The van der Waals surface area contributed by atoms with E-state index in [9.17, 15) is 4.79 Å². The van der Waals surface area contributed by atoms with Gasteiger partial charge >= 0.3 is 5.97 Å². The second kappa shape index (κ2) is 7.75. The number of carbonyl (C=O) groups is 1. The fourth-order valence-electron chi connectivity index (χ4n) is 2.63. The summed E-state index contributed by atoms with van der Waals surface area (Å²) in [4.78, 5) is 12.3. The highest BCUT2D eigenvalue weighted by Gasteiger charge is 2.46. The summed E-state index contributed by atoms with van der Waals surface area (Å²) < 4.78 is 22.2. The molecule has 2 unspecified atom stereocenters. The lowest BCUT2D eigenvalue weighted by atomic mass is 10.1. The Kier molecular flexibility index (Phi) is 5.67. The van der Waals surface area contributed by atoms with Crippen molar-refractivity contribution in [2.24, 2.45) is 5.41 Å². The summed E-state index contributed by atoms with van der Waals surface area (Å²) in [6, 6.07) is 8.91. The Morgan fingerprint density at radius 2 is 2.08 bits per heavy atom. The Bertz CT molecular complexity index is 568. The first kappa shape index (κ1) is 17.6. The van der Waals surface area contributed by atoms with Crippen LogP contribution in [0.15, 0.2) is 43.0 Å². The van der Waals surface area contributed by atoms with Gasteiger partial charge in [-0.1, -0.05) is 24.8 Å². The average molecular weight is 350 g/mol. The second-order valence-corrected chi connectivity index (χ2v) is 6.76. The zero-order valence-electron chi connectivity index (χ0n) is 13.6. The van der Waals surface area contributed by atoms with Crippen LogP contribution in [0.5, 0.6) is 0 Å². The molecule has 0 amide bonds. The SMILES string of the molecule is C=C[C@@H](OC(=O)c1ccccc1)[C@@H](OCC1(COP)CC1)C1CO1. The maximum atomic E-state index is 12.3. The fraction of sp³-hybridized carbons (Fsp3) is 0.500. The molecule has 0 spiro atoms. The van der Waals surface area contributed by atoms with E-state index in [0.29, 0.717) is 25.4 Å². The molecule has 1 heterocycles. The van der Waals surface area contributed by atoms with Crippen LogP contribution in [0.4, 0.5) is 0 Å². The van der Waals surface area contributed by atoms with Crippen molar-refractivity contribution in [3.63, 3.8) is 0 Å². The molecule has 0 radical (unpaired) electrons. The lowest BCUT2D eigenvalue weighted by molar-refractivity contribution is -0.0627.